The van der Waals surface area contributed by atoms with E-state index in [1.807, 2.05) is 55.5 Å². The summed E-state index contributed by atoms with van der Waals surface area (Å²) in [5.74, 6) is 0.0786. The van der Waals surface area contributed by atoms with Gasteiger partial charge in [-0.05, 0) is 58.7 Å². The summed E-state index contributed by atoms with van der Waals surface area (Å²) >= 11 is 3.50. The molecule has 0 fully saturated rings. The summed E-state index contributed by atoms with van der Waals surface area (Å²) in [4.78, 5) is 20.7. The van der Waals surface area contributed by atoms with E-state index in [1.165, 1.54) is 0 Å². The first-order valence-electron chi connectivity index (χ1n) is 7.34. The number of hydrogen-bond donors (Lipinski definition) is 2. The largest absolute Gasteiger partial charge is 0.323 e. The van der Waals surface area contributed by atoms with E-state index in [0.29, 0.717) is 11.6 Å². The quantitative estimate of drug-likeness (QED) is 0.694. The summed E-state index contributed by atoms with van der Waals surface area (Å²) in [6.45, 7) is 2.01. The van der Waals surface area contributed by atoms with Crippen molar-refractivity contribution >= 4 is 39.2 Å². The van der Waals surface area contributed by atoms with E-state index in [2.05, 4.69) is 36.5 Å². The zero-order chi connectivity index (χ0) is 16.9. The van der Waals surface area contributed by atoms with Crippen LogP contribution in [-0.2, 0) is 0 Å². The van der Waals surface area contributed by atoms with Crippen LogP contribution in [0.4, 0.5) is 17.3 Å². The molecule has 0 aliphatic carbocycles. The Balaban J connectivity index is 1.77. The number of carbonyl (C=O) groups excluding carboxylic acids is 1. The molecular formula is C18H15BrN4O. The Hall–Kier alpha value is -2.73. The third-order valence-electron chi connectivity index (χ3n) is 3.29. The maximum absolute atomic E-state index is 12.3. The predicted molar refractivity (Wildman–Crippen MR) is 98.6 cm³/mol. The molecule has 0 saturated heterocycles. The van der Waals surface area contributed by atoms with E-state index in [1.54, 1.807) is 12.3 Å². The van der Waals surface area contributed by atoms with Gasteiger partial charge in [0.2, 0.25) is 5.95 Å². The first kappa shape index (κ1) is 16.1. The fourth-order valence-corrected chi connectivity index (χ4v) is 2.70. The molecule has 24 heavy (non-hydrogen) atoms. The van der Waals surface area contributed by atoms with Crippen molar-refractivity contribution in [1.82, 2.24) is 9.97 Å². The minimum Gasteiger partial charge on any atom is -0.323 e. The lowest BCUT2D eigenvalue weighted by Crippen LogP contribution is -2.14. The van der Waals surface area contributed by atoms with Gasteiger partial charge in [0, 0.05) is 16.4 Å². The van der Waals surface area contributed by atoms with Gasteiger partial charge in [-0.3, -0.25) is 4.79 Å². The molecule has 0 saturated carbocycles. The Morgan fingerprint density at radius 2 is 1.88 bits per heavy atom. The number of benzene rings is 2. The minimum absolute atomic E-state index is 0.283. The zero-order valence-corrected chi connectivity index (χ0v) is 14.5. The van der Waals surface area contributed by atoms with E-state index >= 15 is 0 Å². The molecule has 0 aliphatic heterocycles. The van der Waals surface area contributed by atoms with Crippen LogP contribution in [0.5, 0.6) is 0 Å². The van der Waals surface area contributed by atoms with Gasteiger partial charge in [0.05, 0.1) is 5.69 Å². The number of carbonyl (C=O) groups is 1. The van der Waals surface area contributed by atoms with E-state index in [4.69, 9.17) is 0 Å². The third kappa shape index (κ3) is 3.97. The Labute approximate surface area is 148 Å². The number of para-hydroxylation sites is 1. The lowest BCUT2D eigenvalue weighted by atomic mass is 10.2. The summed E-state index contributed by atoms with van der Waals surface area (Å²) in [5, 5.41) is 5.91. The van der Waals surface area contributed by atoms with Crippen LogP contribution >= 0.6 is 15.9 Å². The van der Waals surface area contributed by atoms with Crippen molar-refractivity contribution in [2.45, 2.75) is 6.92 Å². The average molecular weight is 383 g/mol. The summed E-state index contributed by atoms with van der Waals surface area (Å²) in [7, 11) is 0. The van der Waals surface area contributed by atoms with Crippen molar-refractivity contribution in [2.75, 3.05) is 10.6 Å². The van der Waals surface area contributed by atoms with Crippen molar-refractivity contribution in [3.8, 4) is 0 Å². The molecule has 3 aromatic rings. The van der Waals surface area contributed by atoms with E-state index in [-0.39, 0.29) is 5.91 Å². The molecule has 120 valence electrons. The first-order chi connectivity index (χ1) is 11.6. The molecule has 1 heterocycles. The highest BCUT2D eigenvalue weighted by atomic mass is 79.9. The number of nitrogens with one attached hydrogen (secondary N) is 2. The van der Waals surface area contributed by atoms with Gasteiger partial charge in [-0.15, -0.1) is 0 Å². The molecule has 0 atom stereocenters. The monoisotopic (exact) mass is 382 g/mol. The lowest BCUT2D eigenvalue weighted by Gasteiger charge is -2.09. The molecule has 0 bridgehead atoms. The van der Waals surface area contributed by atoms with Gasteiger partial charge in [0.15, 0.2) is 0 Å². The van der Waals surface area contributed by atoms with Gasteiger partial charge >= 0.3 is 0 Å². The molecule has 1 aromatic heterocycles. The van der Waals surface area contributed by atoms with Gasteiger partial charge < -0.3 is 10.6 Å². The van der Waals surface area contributed by atoms with Crippen molar-refractivity contribution in [3.05, 3.63) is 76.5 Å². The van der Waals surface area contributed by atoms with E-state index < -0.39 is 0 Å². The van der Waals surface area contributed by atoms with Gasteiger partial charge in [0.1, 0.15) is 5.69 Å². The van der Waals surface area contributed by atoms with E-state index in [0.717, 1.165) is 21.4 Å². The van der Waals surface area contributed by atoms with Gasteiger partial charge in [-0.1, -0.05) is 24.3 Å². The number of nitrogens with zero attached hydrogens (tertiary/aromatic N) is 2. The van der Waals surface area contributed by atoms with Gasteiger partial charge in [-0.2, -0.15) is 0 Å². The highest BCUT2D eigenvalue weighted by Gasteiger charge is 2.10. The minimum atomic E-state index is -0.283. The average Bonchev–Trinajstić information content (AvgIpc) is 2.59. The number of aryl methyl sites for hydroxylation is 1. The number of rotatable bonds is 4. The second-order valence-corrected chi connectivity index (χ2v) is 6.05. The highest BCUT2D eigenvalue weighted by Crippen LogP contribution is 2.25. The van der Waals surface area contributed by atoms with E-state index in [9.17, 15) is 4.79 Å². The maximum atomic E-state index is 12.3. The second-order valence-electron chi connectivity index (χ2n) is 5.19. The summed E-state index contributed by atoms with van der Waals surface area (Å²) in [6, 6.07) is 16.7. The van der Waals surface area contributed by atoms with Gasteiger partial charge in [0.25, 0.3) is 5.91 Å². The van der Waals surface area contributed by atoms with Crippen LogP contribution in [0.2, 0.25) is 0 Å². The molecule has 2 N–H and O–H groups in total. The van der Waals surface area contributed by atoms with Crippen LogP contribution in [0.15, 0.2) is 65.3 Å². The topological polar surface area (TPSA) is 66.9 Å². The van der Waals surface area contributed by atoms with Crippen LogP contribution in [0.1, 0.15) is 16.1 Å². The summed E-state index contributed by atoms with van der Waals surface area (Å²) in [6.07, 6.45) is 1.55. The van der Waals surface area contributed by atoms with Crippen LogP contribution < -0.4 is 10.6 Å². The maximum Gasteiger partial charge on any atom is 0.274 e. The molecular weight excluding hydrogens is 368 g/mol. The number of hydrogen-bond acceptors (Lipinski definition) is 4. The Morgan fingerprint density at radius 1 is 1.08 bits per heavy atom. The fourth-order valence-electron chi connectivity index (χ4n) is 2.10. The number of amides is 1. The Morgan fingerprint density at radius 3 is 2.62 bits per heavy atom. The molecule has 0 aliphatic rings. The molecule has 6 heteroatoms. The molecule has 0 spiro atoms. The molecule has 0 radical (unpaired) electrons. The second kappa shape index (κ2) is 7.23. The highest BCUT2D eigenvalue weighted by molar-refractivity contribution is 9.10. The Kier molecular flexibility index (Phi) is 4.86. The fraction of sp³-hybridized carbons (Fsp3) is 0.0556. The normalized spacial score (nSPS) is 10.2. The van der Waals surface area contributed by atoms with Crippen LogP contribution in [0.3, 0.4) is 0 Å². The predicted octanol–water partition coefficient (Wildman–Crippen LogP) is 4.54. The molecule has 1 amide bonds. The SMILES string of the molecule is Cc1ccc(Nc2nccc(C(=O)Nc3ccccc3)n2)c(Br)c1. The van der Waals surface area contributed by atoms with Crippen molar-refractivity contribution in [2.24, 2.45) is 0 Å². The number of halogens is 1. The van der Waals surface area contributed by atoms with Crippen molar-refractivity contribution < 1.29 is 4.79 Å². The Bertz CT molecular complexity index is 868. The van der Waals surface area contributed by atoms with Crippen molar-refractivity contribution in [1.29, 1.82) is 0 Å². The van der Waals surface area contributed by atoms with Crippen molar-refractivity contribution in [3.63, 3.8) is 0 Å². The van der Waals surface area contributed by atoms with Crippen LogP contribution in [0.25, 0.3) is 0 Å². The standard InChI is InChI=1S/C18H15BrN4O/c1-12-7-8-15(14(19)11-12)22-18-20-10-9-16(23-18)17(24)21-13-5-3-2-4-6-13/h2-11H,1H3,(H,21,24)(H,20,22,23). The smallest absolute Gasteiger partial charge is 0.274 e. The van der Waals surface area contributed by atoms with Gasteiger partial charge in [-0.25, -0.2) is 9.97 Å². The lowest BCUT2D eigenvalue weighted by molar-refractivity contribution is 0.102. The molecule has 5 nitrogen and oxygen atoms in total. The van der Waals surface area contributed by atoms with Crippen LogP contribution in [-0.4, -0.2) is 15.9 Å². The summed E-state index contributed by atoms with van der Waals surface area (Å²) in [5.41, 5.74) is 2.99. The molecule has 0 unspecified atom stereocenters. The zero-order valence-electron chi connectivity index (χ0n) is 13.0. The first-order valence-corrected chi connectivity index (χ1v) is 8.14. The number of anilines is 3. The van der Waals surface area contributed by atoms with Crippen LogP contribution in [0, 0.1) is 6.92 Å². The summed E-state index contributed by atoms with van der Waals surface area (Å²) < 4.78 is 0.908. The third-order valence-corrected chi connectivity index (χ3v) is 3.95. The molecule has 2 aromatic carbocycles. The number of aromatic nitrogens is 2. The molecule has 3 rings (SSSR count).